The molecular formula is C31H36F5N5O5. The molecule has 250 valence electrons. The van der Waals surface area contributed by atoms with Gasteiger partial charge in [-0.15, -0.1) is 0 Å². The topological polar surface area (TPSA) is 129 Å². The van der Waals surface area contributed by atoms with Crippen LogP contribution in [0.3, 0.4) is 0 Å². The quantitative estimate of drug-likeness (QED) is 0.227. The van der Waals surface area contributed by atoms with Crippen LogP contribution in [0.1, 0.15) is 49.7 Å². The van der Waals surface area contributed by atoms with Crippen molar-refractivity contribution in [1.82, 2.24) is 20.2 Å². The molecule has 15 heteroatoms. The lowest BCUT2D eigenvalue weighted by molar-refractivity contribution is -0.192. The third-order valence-corrected chi connectivity index (χ3v) is 8.47. The number of carbonyl (C=O) groups is 2. The Labute approximate surface area is 262 Å². The highest BCUT2D eigenvalue weighted by Gasteiger charge is 2.52. The van der Waals surface area contributed by atoms with E-state index < -0.39 is 29.8 Å². The Kier molecular flexibility index (Phi) is 10.8. The molecule has 0 spiro atoms. The van der Waals surface area contributed by atoms with Crippen molar-refractivity contribution in [3.8, 4) is 11.5 Å². The van der Waals surface area contributed by atoms with Gasteiger partial charge in [0.25, 0.3) is 0 Å². The number of nitrogens with one attached hydrogen (secondary N) is 3. The largest absolute Gasteiger partial charge is 0.493 e. The van der Waals surface area contributed by atoms with E-state index in [9.17, 15) is 26.7 Å². The van der Waals surface area contributed by atoms with Crippen molar-refractivity contribution in [2.45, 2.75) is 69.2 Å². The SMILES string of the molecule is CCc1nc(CN2CC[C@]3(c4ccc(OC)c(OC)c4)CC[C@@H](NC(=O)Nc4ccc(F)c(F)c4)C[C@H]23)c[nH]1.O=C(O)C(F)(F)F. The number of H-pyrrole nitrogens is 1. The van der Waals surface area contributed by atoms with Gasteiger partial charge < -0.3 is 30.2 Å². The summed E-state index contributed by atoms with van der Waals surface area (Å²) in [4.78, 5) is 32.1. The van der Waals surface area contributed by atoms with Crippen molar-refractivity contribution >= 4 is 17.7 Å². The van der Waals surface area contributed by atoms with Crippen LogP contribution < -0.4 is 20.1 Å². The Morgan fingerprint density at radius 1 is 1.09 bits per heavy atom. The molecule has 1 aliphatic carbocycles. The lowest BCUT2D eigenvalue weighted by atomic mass is 9.65. The van der Waals surface area contributed by atoms with Gasteiger partial charge in [0.2, 0.25) is 0 Å². The first-order chi connectivity index (χ1) is 21.8. The number of aliphatic carboxylic acids is 1. The summed E-state index contributed by atoms with van der Waals surface area (Å²) in [6.07, 6.45) is 1.12. The number of carboxylic acids is 1. The molecule has 0 radical (unpaired) electrons. The van der Waals surface area contributed by atoms with E-state index in [0.717, 1.165) is 62.3 Å². The van der Waals surface area contributed by atoms with Crippen LogP contribution in [0.15, 0.2) is 42.6 Å². The summed E-state index contributed by atoms with van der Waals surface area (Å²) in [6.45, 7) is 3.69. The number of carbonyl (C=O) groups excluding carboxylic acids is 1. The maximum Gasteiger partial charge on any atom is 0.490 e. The molecule has 2 aromatic carbocycles. The molecule has 2 heterocycles. The van der Waals surface area contributed by atoms with Crippen molar-refractivity contribution in [2.24, 2.45) is 0 Å². The maximum absolute atomic E-state index is 13.6. The summed E-state index contributed by atoms with van der Waals surface area (Å²) in [5.41, 5.74) is 2.29. The third kappa shape index (κ3) is 7.87. The molecule has 0 bridgehead atoms. The van der Waals surface area contributed by atoms with Gasteiger partial charge >= 0.3 is 18.2 Å². The zero-order valence-electron chi connectivity index (χ0n) is 25.5. The van der Waals surface area contributed by atoms with Crippen LogP contribution in [0.25, 0.3) is 0 Å². The second kappa shape index (κ2) is 14.4. The number of aromatic amines is 1. The second-order valence-corrected chi connectivity index (χ2v) is 11.2. The van der Waals surface area contributed by atoms with E-state index in [0.29, 0.717) is 18.0 Å². The standard InChI is InChI=1S/C29H35F2N5O3.C2HF3O2/c1-4-27-32-16-21(33-27)17-36-12-11-29(18-5-8-24(38-2)25(13-18)39-3)10-9-20(15-26(29)36)35-28(37)34-19-6-7-22(30)23(31)14-19;3-2(4,5)1(6)7/h5-8,13-14,16,20,26H,4,9-12,15,17H2,1-3H3,(H,32,33)(H2,34,35,37);(H,6,7)/t20-,26+,29+;/m1./s1. The number of urea groups is 1. The molecule has 5 rings (SSSR count). The number of methoxy groups -OCH3 is 2. The van der Waals surface area contributed by atoms with E-state index in [1.807, 2.05) is 12.3 Å². The number of fused-ring (bicyclic) bond motifs is 1. The normalized spacial score (nSPS) is 21.0. The van der Waals surface area contributed by atoms with E-state index in [4.69, 9.17) is 24.4 Å². The molecule has 1 aliphatic heterocycles. The minimum atomic E-state index is -5.08. The summed E-state index contributed by atoms with van der Waals surface area (Å²) < 4.78 is 69.7. The van der Waals surface area contributed by atoms with Gasteiger partial charge in [-0.3, -0.25) is 4.90 Å². The van der Waals surface area contributed by atoms with E-state index >= 15 is 0 Å². The number of nitrogens with zero attached hydrogens (tertiary/aromatic N) is 2. The van der Waals surface area contributed by atoms with Crippen molar-refractivity contribution in [1.29, 1.82) is 0 Å². The number of hydrogen-bond donors (Lipinski definition) is 4. The van der Waals surface area contributed by atoms with Gasteiger partial charge in [0, 0.05) is 48.4 Å². The molecule has 3 aromatic rings. The van der Waals surface area contributed by atoms with Gasteiger partial charge in [-0.25, -0.2) is 23.4 Å². The van der Waals surface area contributed by atoms with Crippen molar-refractivity contribution in [3.63, 3.8) is 0 Å². The van der Waals surface area contributed by atoms with Gasteiger partial charge in [0.15, 0.2) is 23.1 Å². The molecule has 1 saturated heterocycles. The van der Waals surface area contributed by atoms with Crippen LogP contribution >= 0.6 is 0 Å². The number of alkyl halides is 3. The van der Waals surface area contributed by atoms with Gasteiger partial charge in [0.1, 0.15) is 5.82 Å². The molecule has 0 unspecified atom stereocenters. The number of likely N-dealkylation sites (tertiary alicyclic amines) is 1. The van der Waals surface area contributed by atoms with Crippen molar-refractivity contribution in [3.05, 3.63) is 71.3 Å². The first-order valence-electron chi connectivity index (χ1n) is 14.6. The monoisotopic (exact) mass is 653 g/mol. The minimum Gasteiger partial charge on any atom is -0.493 e. The minimum absolute atomic E-state index is 0.0837. The maximum atomic E-state index is 13.6. The number of ether oxygens (including phenoxy) is 2. The van der Waals surface area contributed by atoms with E-state index in [1.165, 1.54) is 11.6 Å². The molecular weight excluding hydrogens is 617 g/mol. The molecule has 1 aromatic heterocycles. The second-order valence-electron chi connectivity index (χ2n) is 11.2. The molecule has 1 saturated carbocycles. The Morgan fingerprint density at radius 2 is 1.80 bits per heavy atom. The lowest BCUT2D eigenvalue weighted by Gasteiger charge is -2.45. The van der Waals surface area contributed by atoms with Gasteiger partial charge in [-0.05, 0) is 62.1 Å². The zero-order valence-corrected chi connectivity index (χ0v) is 25.5. The number of anilines is 1. The number of benzene rings is 2. The van der Waals surface area contributed by atoms with E-state index in [1.54, 1.807) is 14.2 Å². The highest BCUT2D eigenvalue weighted by molar-refractivity contribution is 5.89. The number of carboxylic acid groups (broad SMARTS) is 1. The number of halogens is 5. The average molecular weight is 654 g/mol. The summed E-state index contributed by atoms with van der Waals surface area (Å²) in [5.74, 6) is -2.36. The van der Waals surface area contributed by atoms with Crippen LogP contribution in [-0.2, 0) is 23.2 Å². The smallest absolute Gasteiger partial charge is 0.490 e. The summed E-state index contributed by atoms with van der Waals surface area (Å²) in [5, 5.41) is 12.8. The van der Waals surface area contributed by atoms with Crippen LogP contribution in [0.4, 0.5) is 32.4 Å². The fourth-order valence-electron chi connectivity index (χ4n) is 6.25. The van der Waals surface area contributed by atoms with Gasteiger partial charge in [-0.1, -0.05) is 13.0 Å². The van der Waals surface area contributed by atoms with E-state index in [2.05, 4.69) is 39.6 Å². The predicted octanol–water partition coefficient (Wildman–Crippen LogP) is 5.79. The number of aromatic nitrogens is 2. The van der Waals surface area contributed by atoms with Crippen LogP contribution in [0.5, 0.6) is 11.5 Å². The molecule has 2 fully saturated rings. The predicted molar refractivity (Wildman–Crippen MR) is 158 cm³/mol. The van der Waals surface area contributed by atoms with E-state index in [-0.39, 0.29) is 23.2 Å². The van der Waals surface area contributed by atoms with Gasteiger partial charge in [0.05, 0.1) is 19.9 Å². The van der Waals surface area contributed by atoms with Gasteiger partial charge in [-0.2, -0.15) is 13.2 Å². The number of aryl methyl sites for hydroxylation is 1. The summed E-state index contributed by atoms with van der Waals surface area (Å²) in [6, 6.07) is 9.13. The molecule has 10 nitrogen and oxygen atoms in total. The number of imidazole rings is 1. The Balaban J connectivity index is 0.000000617. The molecule has 3 atom stereocenters. The first-order valence-corrected chi connectivity index (χ1v) is 14.6. The van der Waals surface area contributed by atoms with Crippen molar-refractivity contribution < 1.29 is 46.1 Å². The fraction of sp³-hybridized carbons (Fsp3) is 0.452. The van der Waals surface area contributed by atoms with Crippen molar-refractivity contribution in [2.75, 3.05) is 26.1 Å². The highest BCUT2D eigenvalue weighted by Crippen LogP contribution is 2.50. The summed E-state index contributed by atoms with van der Waals surface area (Å²) in [7, 11) is 3.28. The first kappa shape index (κ1) is 34.5. The van der Waals surface area contributed by atoms with Crippen LogP contribution in [-0.4, -0.2) is 71.0 Å². The molecule has 46 heavy (non-hydrogen) atoms. The highest BCUT2D eigenvalue weighted by atomic mass is 19.4. The lowest BCUT2D eigenvalue weighted by Crippen LogP contribution is -2.52. The number of hydrogen-bond acceptors (Lipinski definition) is 6. The van der Waals surface area contributed by atoms with Crippen LogP contribution in [0, 0.1) is 11.6 Å². The molecule has 2 amide bonds. The number of rotatable bonds is 8. The number of amides is 2. The molecule has 2 aliphatic rings. The summed E-state index contributed by atoms with van der Waals surface area (Å²) >= 11 is 0. The van der Waals surface area contributed by atoms with Crippen LogP contribution in [0.2, 0.25) is 0 Å². The Hall–Kier alpha value is -4.40. The zero-order chi connectivity index (χ0) is 33.6. The third-order valence-electron chi connectivity index (χ3n) is 8.47. The Morgan fingerprint density at radius 3 is 2.41 bits per heavy atom. The Bertz CT molecular complexity index is 1530. The average Bonchev–Trinajstić information content (AvgIpc) is 3.63. The molecule has 4 N–H and O–H groups in total. The fourth-order valence-corrected chi connectivity index (χ4v) is 6.25.